The van der Waals surface area contributed by atoms with Crippen molar-refractivity contribution in [3.05, 3.63) is 39.9 Å². The van der Waals surface area contributed by atoms with Gasteiger partial charge in [0, 0.05) is 29.7 Å². The first-order chi connectivity index (χ1) is 7.13. The molecule has 1 unspecified atom stereocenters. The van der Waals surface area contributed by atoms with Crippen molar-refractivity contribution in [1.82, 2.24) is 0 Å². The molecule has 5 heteroatoms. The molecule has 0 aromatic heterocycles. The van der Waals surface area contributed by atoms with Crippen LogP contribution in [0.3, 0.4) is 0 Å². The number of benzene rings is 1. The van der Waals surface area contributed by atoms with Crippen molar-refractivity contribution >= 4 is 17.4 Å². The molecule has 0 saturated carbocycles. The van der Waals surface area contributed by atoms with Gasteiger partial charge in [-0.1, -0.05) is 19.1 Å². The lowest BCUT2D eigenvalue weighted by Gasteiger charge is -2.07. The Morgan fingerprint density at radius 3 is 2.53 bits per heavy atom. The van der Waals surface area contributed by atoms with Crippen LogP contribution in [0.1, 0.15) is 12.5 Å². The van der Waals surface area contributed by atoms with Crippen LogP contribution in [0.25, 0.3) is 0 Å². The van der Waals surface area contributed by atoms with Crippen molar-refractivity contribution in [3.8, 4) is 0 Å². The molecule has 1 aromatic rings. The molecule has 0 aliphatic carbocycles. The molecule has 0 fully saturated rings. The van der Waals surface area contributed by atoms with Gasteiger partial charge in [-0.05, 0) is 5.56 Å². The normalized spacial score (nSPS) is 12.4. The Morgan fingerprint density at radius 2 is 2.07 bits per heavy atom. The third-order valence-electron chi connectivity index (χ3n) is 2.01. The van der Waals surface area contributed by atoms with Gasteiger partial charge in [0.1, 0.15) is 0 Å². The SMILES string of the molecule is CC(CN)SCc1ccc([N+](=O)[O-])cc1. The topological polar surface area (TPSA) is 69.2 Å². The fourth-order valence-corrected chi connectivity index (χ4v) is 1.83. The molecular weight excluding hydrogens is 212 g/mol. The van der Waals surface area contributed by atoms with Crippen LogP contribution in [0.2, 0.25) is 0 Å². The Bertz CT molecular complexity index is 327. The maximum atomic E-state index is 10.4. The van der Waals surface area contributed by atoms with Gasteiger partial charge in [-0.15, -0.1) is 0 Å². The number of nitro groups is 1. The van der Waals surface area contributed by atoms with E-state index in [-0.39, 0.29) is 10.6 Å². The minimum absolute atomic E-state index is 0.135. The summed E-state index contributed by atoms with van der Waals surface area (Å²) < 4.78 is 0. The van der Waals surface area contributed by atoms with Crippen molar-refractivity contribution in [3.63, 3.8) is 0 Å². The van der Waals surface area contributed by atoms with Crippen LogP contribution in [0.4, 0.5) is 5.69 Å². The van der Waals surface area contributed by atoms with Gasteiger partial charge in [-0.25, -0.2) is 0 Å². The summed E-state index contributed by atoms with van der Waals surface area (Å²) in [4.78, 5) is 10.0. The van der Waals surface area contributed by atoms with Crippen LogP contribution in [-0.2, 0) is 5.75 Å². The summed E-state index contributed by atoms with van der Waals surface area (Å²) in [5.74, 6) is 0.844. The second-order valence-electron chi connectivity index (χ2n) is 3.28. The summed E-state index contributed by atoms with van der Waals surface area (Å²) in [7, 11) is 0. The molecule has 0 saturated heterocycles. The number of thioether (sulfide) groups is 1. The molecule has 2 N–H and O–H groups in total. The summed E-state index contributed by atoms with van der Waals surface area (Å²) in [5.41, 5.74) is 6.71. The molecule has 15 heavy (non-hydrogen) atoms. The van der Waals surface area contributed by atoms with Gasteiger partial charge in [0.15, 0.2) is 0 Å². The predicted octanol–water partition coefficient (Wildman–Crippen LogP) is 2.18. The standard InChI is InChI=1S/C10H14N2O2S/c1-8(6-11)15-7-9-2-4-10(5-3-9)12(13)14/h2-5,8H,6-7,11H2,1H3. The maximum absolute atomic E-state index is 10.4. The van der Waals surface area contributed by atoms with Gasteiger partial charge in [0.05, 0.1) is 4.92 Å². The number of nitro benzene ring substituents is 1. The number of hydrogen-bond acceptors (Lipinski definition) is 4. The summed E-state index contributed by atoms with van der Waals surface area (Å²) in [6, 6.07) is 6.63. The van der Waals surface area contributed by atoms with Gasteiger partial charge < -0.3 is 5.73 Å². The van der Waals surface area contributed by atoms with Gasteiger partial charge in [-0.3, -0.25) is 10.1 Å². The first-order valence-corrected chi connectivity index (χ1v) is 5.73. The Hall–Kier alpha value is -1.07. The molecule has 1 atom stereocenters. The van der Waals surface area contributed by atoms with Crippen LogP contribution in [0.15, 0.2) is 24.3 Å². The molecule has 0 aliphatic heterocycles. The molecule has 82 valence electrons. The highest BCUT2D eigenvalue weighted by Gasteiger charge is 2.05. The minimum atomic E-state index is -0.389. The van der Waals surface area contributed by atoms with E-state index in [0.29, 0.717) is 11.8 Å². The molecule has 0 bridgehead atoms. The van der Waals surface area contributed by atoms with Gasteiger partial charge >= 0.3 is 0 Å². The van der Waals surface area contributed by atoms with Crippen molar-refractivity contribution < 1.29 is 4.92 Å². The van der Waals surface area contributed by atoms with Crippen molar-refractivity contribution in [1.29, 1.82) is 0 Å². The first kappa shape index (κ1) is 12.0. The maximum Gasteiger partial charge on any atom is 0.269 e. The molecule has 4 nitrogen and oxygen atoms in total. The number of non-ortho nitro benzene ring substituents is 1. The molecular formula is C10H14N2O2S. The van der Waals surface area contributed by atoms with Crippen LogP contribution < -0.4 is 5.73 Å². The van der Waals surface area contributed by atoms with Gasteiger partial charge in [-0.2, -0.15) is 11.8 Å². The van der Waals surface area contributed by atoms with E-state index in [2.05, 4.69) is 6.92 Å². The second-order valence-corrected chi connectivity index (χ2v) is 4.71. The van der Waals surface area contributed by atoms with Gasteiger partial charge in [0.25, 0.3) is 5.69 Å². The van der Waals surface area contributed by atoms with Crippen molar-refractivity contribution in [2.45, 2.75) is 17.9 Å². The monoisotopic (exact) mass is 226 g/mol. The molecule has 0 spiro atoms. The zero-order valence-corrected chi connectivity index (χ0v) is 9.37. The number of hydrogen-bond donors (Lipinski definition) is 1. The van der Waals surface area contributed by atoms with Crippen LogP contribution in [0, 0.1) is 10.1 Å². The average molecular weight is 226 g/mol. The molecule has 1 aromatic carbocycles. The smallest absolute Gasteiger partial charge is 0.269 e. The Balaban J connectivity index is 2.53. The Morgan fingerprint density at radius 1 is 1.47 bits per heavy atom. The Kier molecular flexibility index (Phi) is 4.58. The molecule has 0 heterocycles. The largest absolute Gasteiger partial charge is 0.329 e. The first-order valence-electron chi connectivity index (χ1n) is 4.68. The second kappa shape index (κ2) is 5.72. The fourth-order valence-electron chi connectivity index (χ4n) is 1.02. The van der Waals surface area contributed by atoms with E-state index in [9.17, 15) is 10.1 Å². The zero-order valence-electron chi connectivity index (χ0n) is 8.55. The summed E-state index contributed by atoms with van der Waals surface area (Å²) in [6.45, 7) is 2.72. The highest BCUT2D eigenvalue weighted by Crippen LogP contribution is 2.19. The third-order valence-corrected chi connectivity index (χ3v) is 3.28. The van der Waals surface area contributed by atoms with Crippen LogP contribution in [0.5, 0.6) is 0 Å². The van der Waals surface area contributed by atoms with E-state index < -0.39 is 0 Å². The minimum Gasteiger partial charge on any atom is -0.329 e. The number of nitrogens with zero attached hydrogens (tertiary/aromatic N) is 1. The summed E-state index contributed by atoms with van der Waals surface area (Å²) >= 11 is 1.75. The predicted molar refractivity (Wildman–Crippen MR) is 62.9 cm³/mol. The molecule has 1 rings (SSSR count). The van der Waals surface area contributed by atoms with E-state index >= 15 is 0 Å². The van der Waals surface area contributed by atoms with Crippen molar-refractivity contribution in [2.24, 2.45) is 5.73 Å². The number of nitrogens with two attached hydrogens (primary N) is 1. The molecule has 0 amide bonds. The van der Waals surface area contributed by atoms with Crippen molar-refractivity contribution in [2.75, 3.05) is 6.54 Å². The molecule has 0 radical (unpaired) electrons. The summed E-state index contributed by atoms with van der Waals surface area (Å²) in [6.07, 6.45) is 0. The number of rotatable bonds is 5. The average Bonchev–Trinajstić information content (AvgIpc) is 2.26. The third kappa shape index (κ3) is 3.89. The fraction of sp³-hybridized carbons (Fsp3) is 0.400. The highest BCUT2D eigenvalue weighted by atomic mass is 32.2. The zero-order chi connectivity index (χ0) is 11.3. The van der Waals surface area contributed by atoms with Gasteiger partial charge in [0.2, 0.25) is 0 Å². The summed E-state index contributed by atoms with van der Waals surface area (Å²) in [5, 5.41) is 10.8. The van der Waals surface area contributed by atoms with E-state index in [1.54, 1.807) is 23.9 Å². The van der Waals surface area contributed by atoms with Crippen LogP contribution >= 0.6 is 11.8 Å². The Labute approximate surface area is 93.0 Å². The van der Waals surface area contributed by atoms with Crippen LogP contribution in [-0.4, -0.2) is 16.7 Å². The lowest BCUT2D eigenvalue weighted by molar-refractivity contribution is -0.384. The van der Waals surface area contributed by atoms with E-state index in [1.165, 1.54) is 12.1 Å². The van der Waals surface area contributed by atoms with E-state index in [0.717, 1.165) is 11.3 Å². The molecule has 0 aliphatic rings. The lowest BCUT2D eigenvalue weighted by atomic mass is 10.2. The highest BCUT2D eigenvalue weighted by molar-refractivity contribution is 7.99. The van der Waals surface area contributed by atoms with E-state index in [1.807, 2.05) is 0 Å². The lowest BCUT2D eigenvalue weighted by Crippen LogP contribution is -2.12. The quantitative estimate of drug-likeness (QED) is 0.617. The van der Waals surface area contributed by atoms with E-state index in [4.69, 9.17) is 5.73 Å².